The fourth-order valence-electron chi connectivity index (χ4n) is 8.65. The molecule has 0 aliphatic heterocycles. The number of ether oxygens (including phenoxy) is 2. The molecule has 8 heteroatoms. The van der Waals surface area contributed by atoms with Crippen LogP contribution in [-0.4, -0.2) is 29.1 Å². The van der Waals surface area contributed by atoms with Gasteiger partial charge < -0.3 is 9.47 Å². The molecule has 0 radical (unpaired) electrons. The molecule has 5 heterocycles. The monoisotopic (exact) mass is 819 g/mol. The lowest BCUT2D eigenvalue weighted by Crippen LogP contribution is -2.00. The second kappa shape index (κ2) is 15.7. The topological polar surface area (TPSA) is 79.9 Å². The zero-order chi connectivity index (χ0) is 43.3. The lowest BCUT2D eigenvalue weighted by molar-refractivity contribution is 0.483. The predicted octanol–water partition coefficient (Wildman–Crippen LogP) is 13.9. The highest BCUT2D eigenvalue weighted by molar-refractivity contribution is 6.10. The van der Waals surface area contributed by atoms with Gasteiger partial charge in [0.15, 0.2) is 0 Å². The molecule has 8 nitrogen and oxygen atoms in total. The first-order valence-electron chi connectivity index (χ1n) is 21.7. The second-order valence-corrected chi connectivity index (χ2v) is 15.9. The number of hydrogen-bond donors (Lipinski definition) is 0. The van der Waals surface area contributed by atoms with Gasteiger partial charge in [-0.25, -0.2) is 15.0 Å². The van der Waals surface area contributed by atoms with Crippen molar-refractivity contribution in [1.82, 2.24) is 29.1 Å². The highest BCUT2D eigenvalue weighted by atomic mass is 16.5. The Morgan fingerprint density at radius 2 is 1.00 bits per heavy atom. The van der Waals surface area contributed by atoms with Gasteiger partial charge in [0.05, 0.1) is 46.7 Å². The Balaban J connectivity index is 0.903. The highest BCUT2D eigenvalue weighted by Crippen LogP contribution is 2.38. The van der Waals surface area contributed by atoms with Crippen molar-refractivity contribution < 1.29 is 10.8 Å². The summed E-state index contributed by atoms with van der Waals surface area (Å²) in [6.07, 6.45) is 5.32. The summed E-state index contributed by atoms with van der Waals surface area (Å²) in [6.45, 7) is 6.28. The quantitative estimate of drug-likeness (QED) is 0.137. The molecule has 0 atom stereocenters. The van der Waals surface area contributed by atoms with Crippen LogP contribution in [0.3, 0.4) is 0 Å². The third kappa shape index (κ3) is 7.01. The van der Waals surface area contributed by atoms with E-state index in [1.807, 2.05) is 85.2 Å². The van der Waals surface area contributed by atoms with Gasteiger partial charge in [0.1, 0.15) is 34.6 Å². The Hall–Kier alpha value is -8.10. The molecule has 63 heavy (non-hydrogen) atoms. The highest BCUT2D eigenvalue weighted by Gasteiger charge is 2.18. The Morgan fingerprint density at radius 3 is 1.56 bits per heavy atom. The van der Waals surface area contributed by atoms with Gasteiger partial charge in [-0.2, -0.15) is 0 Å². The van der Waals surface area contributed by atoms with Gasteiger partial charge in [0, 0.05) is 57.2 Å². The molecule has 0 amide bonds. The minimum atomic E-state index is 0.0814. The summed E-state index contributed by atoms with van der Waals surface area (Å²) in [5.41, 5.74) is 10.0. The Labute approximate surface area is 366 Å². The van der Waals surface area contributed by atoms with E-state index in [1.165, 1.54) is 0 Å². The van der Waals surface area contributed by atoms with Crippen molar-refractivity contribution in [2.24, 2.45) is 0 Å². The number of aromatic nitrogens is 6. The molecule has 0 N–H and O–H groups in total. The van der Waals surface area contributed by atoms with E-state index in [1.54, 1.807) is 0 Å². The molecule has 304 valence electrons. The first-order chi connectivity index (χ1) is 31.4. The third-order valence-electron chi connectivity index (χ3n) is 11.5. The lowest BCUT2D eigenvalue weighted by Gasteiger charge is -2.13. The first-order valence-corrected chi connectivity index (χ1v) is 21.2. The van der Waals surface area contributed by atoms with E-state index < -0.39 is 0 Å². The van der Waals surface area contributed by atoms with Gasteiger partial charge in [-0.3, -0.25) is 14.1 Å². The Morgan fingerprint density at radius 1 is 0.492 bits per heavy atom. The number of para-hydroxylation sites is 2. The maximum Gasteiger partial charge on any atom is 0.137 e. The van der Waals surface area contributed by atoms with E-state index in [-0.39, 0.29) is 6.17 Å². The number of rotatable bonds is 10. The molecule has 0 bridgehead atoms. The minimum Gasteiger partial charge on any atom is -0.457 e. The van der Waals surface area contributed by atoms with Gasteiger partial charge in [0.25, 0.3) is 0 Å². The van der Waals surface area contributed by atoms with E-state index in [0.717, 1.165) is 89.6 Å². The number of hydrogen-bond acceptors (Lipinski definition) is 6. The number of nitrogens with zero attached hydrogens (tertiary/aromatic N) is 6. The summed E-state index contributed by atoms with van der Waals surface area (Å²) in [7, 11) is 0. The smallest absolute Gasteiger partial charge is 0.137 e. The summed E-state index contributed by atoms with van der Waals surface area (Å²) >= 11 is 0. The molecule has 0 fully saturated rings. The maximum atomic E-state index is 9.18. The van der Waals surface area contributed by atoms with Crippen molar-refractivity contribution >= 4 is 43.6 Å². The van der Waals surface area contributed by atoms with Crippen molar-refractivity contribution in [2.75, 3.05) is 0 Å². The fourth-order valence-corrected chi connectivity index (χ4v) is 8.65. The number of pyridine rings is 2. The molecular weight excluding hydrogens is 777 g/mol. The summed E-state index contributed by atoms with van der Waals surface area (Å²) in [5.74, 6) is 4.39. The second-order valence-electron chi connectivity index (χ2n) is 15.9. The SMILES string of the molecule is [2H]c1nc(-c2cccc(Oc3ccc4c5ccccc5n(-c5cc(C)ccn5)c4c3)c2)c(CCC)nc1-c1cccc(Oc2ccc3c4ccccc4n(-c4cc(C)ccn4)c3c2)c1. The van der Waals surface area contributed by atoms with Crippen LogP contribution < -0.4 is 9.47 Å². The Bertz CT molecular complexity index is 3590. The van der Waals surface area contributed by atoms with E-state index in [9.17, 15) is 1.37 Å². The molecule has 5 aromatic heterocycles. The maximum absolute atomic E-state index is 9.18. The van der Waals surface area contributed by atoms with Crippen LogP contribution in [-0.2, 0) is 6.42 Å². The van der Waals surface area contributed by atoms with Gasteiger partial charge in [-0.05, 0) is 116 Å². The average molecular weight is 820 g/mol. The first kappa shape index (κ1) is 36.7. The van der Waals surface area contributed by atoms with Crippen molar-refractivity contribution in [3.63, 3.8) is 0 Å². The molecule has 0 saturated carbocycles. The zero-order valence-electron chi connectivity index (χ0n) is 36.1. The van der Waals surface area contributed by atoms with Crippen molar-refractivity contribution in [3.05, 3.63) is 193 Å². The number of fused-ring (bicyclic) bond motifs is 6. The van der Waals surface area contributed by atoms with Crippen LogP contribution in [0.25, 0.3) is 77.8 Å². The molecule has 0 aliphatic carbocycles. The molecule has 11 aromatic rings. The lowest BCUT2D eigenvalue weighted by atomic mass is 10.1. The molecule has 0 unspecified atom stereocenters. The molecule has 0 aliphatic rings. The van der Waals surface area contributed by atoms with Gasteiger partial charge in [0.2, 0.25) is 0 Å². The van der Waals surface area contributed by atoms with Crippen molar-refractivity contribution in [2.45, 2.75) is 33.6 Å². The predicted molar refractivity (Wildman–Crippen MR) is 254 cm³/mol. The largest absolute Gasteiger partial charge is 0.457 e. The zero-order valence-corrected chi connectivity index (χ0v) is 35.1. The number of aryl methyl sites for hydroxylation is 3. The van der Waals surface area contributed by atoms with Gasteiger partial charge in [-0.1, -0.05) is 74.0 Å². The minimum absolute atomic E-state index is 0.0814. The van der Waals surface area contributed by atoms with Crippen molar-refractivity contribution in [3.8, 4) is 57.1 Å². The standard InChI is InChI=1S/C55H42N6O2/c1-4-11-47-55(38-13-10-15-40(31-38)63-42-21-23-46-44-17-6-8-19-50(44)61(52(46)33-42)54-29-36(3)25-27-57-54)58-34-48(59-47)37-12-9-14-39(30-37)62-41-20-22-45-43-16-5-7-18-49(43)60(51(45)32-41)53-28-35(2)24-26-56-53/h5-10,12-34H,4,11H2,1-3H3/i34D. The fraction of sp³-hybridized carbons (Fsp3) is 0.0909. The molecule has 0 spiro atoms. The third-order valence-corrected chi connectivity index (χ3v) is 11.5. The van der Waals surface area contributed by atoms with Gasteiger partial charge >= 0.3 is 0 Å². The molecule has 11 rings (SSSR count). The molecular formula is C55H42N6O2. The molecule has 6 aromatic carbocycles. The normalized spacial score (nSPS) is 11.8. The van der Waals surface area contributed by atoms with E-state index >= 15 is 0 Å². The van der Waals surface area contributed by atoms with Gasteiger partial charge in [-0.15, -0.1) is 0 Å². The number of benzene rings is 6. The van der Waals surface area contributed by atoms with Crippen LogP contribution in [0.15, 0.2) is 176 Å². The van der Waals surface area contributed by atoms with Crippen LogP contribution in [0.5, 0.6) is 23.0 Å². The summed E-state index contributed by atoms with van der Waals surface area (Å²) in [5, 5.41) is 4.54. The molecule has 0 saturated heterocycles. The van der Waals surface area contributed by atoms with Crippen LogP contribution in [0.4, 0.5) is 0 Å². The van der Waals surface area contributed by atoms with E-state index in [0.29, 0.717) is 40.8 Å². The summed E-state index contributed by atoms with van der Waals surface area (Å²) < 4.78 is 26.7. The van der Waals surface area contributed by atoms with Crippen LogP contribution >= 0.6 is 0 Å². The van der Waals surface area contributed by atoms with E-state index in [2.05, 4.69) is 115 Å². The van der Waals surface area contributed by atoms with Crippen LogP contribution in [0, 0.1) is 13.8 Å². The Kier molecular flexibility index (Phi) is 9.17. The average Bonchev–Trinajstić information content (AvgIpc) is 3.82. The summed E-state index contributed by atoms with van der Waals surface area (Å²) in [6, 6.07) is 53.0. The van der Waals surface area contributed by atoms with E-state index in [4.69, 9.17) is 29.4 Å². The summed E-state index contributed by atoms with van der Waals surface area (Å²) in [4.78, 5) is 19.5. The van der Waals surface area contributed by atoms with Crippen LogP contribution in [0.1, 0.15) is 31.5 Å². The van der Waals surface area contributed by atoms with Crippen LogP contribution in [0.2, 0.25) is 0 Å². The van der Waals surface area contributed by atoms with Crippen molar-refractivity contribution in [1.29, 1.82) is 0 Å².